The van der Waals surface area contributed by atoms with E-state index in [0.717, 1.165) is 8.78 Å². The first kappa shape index (κ1) is 27.3. The smallest absolute Gasteiger partial charge is 0.264 e. The number of halogens is 2. The number of carbonyl (C=O) groups is 2. The van der Waals surface area contributed by atoms with Crippen LogP contribution < -0.4 is 9.62 Å². The van der Waals surface area contributed by atoms with Crippen molar-refractivity contribution in [3.63, 3.8) is 0 Å². The molecule has 0 aliphatic rings. The molecule has 3 rings (SSSR count). The zero-order valence-corrected chi connectivity index (χ0v) is 22.3. The molecule has 36 heavy (non-hydrogen) atoms. The molecule has 3 aromatic carbocycles. The Bertz CT molecular complexity index is 1290. The van der Waals surface area contributed by atoms with Crippen LogP contribution >= 0.6 is 15.9 Å². The molecule has 0 bridgehead atoms. The van der Waals surface area contributed by atoms with Gasteiger partial charge in [0.1, 0.15) is 18.4 Å². The maximum absolute atomic E-state index is 13.7. The van der Waals surface area contributed by atoms with Crippen molar-refractivity contribution in [2.75, 3.05) is 17.9 Å². The highest BCUT2D eigenvalue weighted by Crippen LogP contribution is 2.26. The molecule has 0 aliphatic heterocycles. The first-order chi connectivity index (χ1) is 17.2. The van der Waals surface area contributed by atoms with Crippen molar-refractivity contribution in [3.05, 3.63) is 94.7 Å². The molecular weight excluding hydrogens is 549 g/mol. The number of carbonyl (C=O) groups excluding carboxylic acids is 2. The van der Waals surface area contributed by atoms with E-state index in [1.807, 2.05) is 0 Å². The lowest BCUT2D eigenvalue weighted by Crippen LogP contribution is -2.51. The van der Waals surface area contributed by atoms with Crippen molar-refractivity contribution < 1.29 is 22.4 Å². The minimum Gasteiger partial charge on any atom is -0.357 e. The van der Waals surface area contributed by atoms with Gasteiger partial charge in [0, 0.05) is 18.1 Å². The SMILES string of the molecule is CCC(C(=O)NC)N(Cc1ccc(F)cc1)C(=O)CN(c1ccc(Br)cc1)S(=O)(=O)c1ccccc1. The minimum absolute atomic E-state index is 0.00457. The predicted octanol–water partition coefficient (Wildman–Crippen LogP) is 4.34. The summed E-state index contributed by atoms with van der Waals surface area (Å²) in [5, 5.41) is 2.56. The monoisotopic (exact) mass is 575 g/mol. The molecule has 0 fully saturated rings. The van der Waals surface area contributed by atoms with Crippen molar-refractivity contribution in [1.82, 2.24) is 10.2 Å². The van der Waals surface area contributed by atoms with E-state index in [1.165, 1.54) is 48.3 Å². The van der Waals surface area contributed by atoms with Crippen LogP contribution in [0.25, 0.3) is 0 Å². The van der Waals surface area contributed by atoms with E-state index in [4.69, 9.17) is 0 Å². The van der Waals surface area contributed by atoms with Gasteiger partial charge in [-0.1, -0.05) is 53.2 Å². The molecule has 0 aliphatic carbocycles. The van der Waals surface area contributed by atoms with Crippen LogP contribution in [0.15, 0.2) is 88.2 Å². The van der Waals surface area contributed by atoms with Gasteiger partial charge in [0.2, 0.25) is 11.8 Å². The Hall–Kier alpha value is -3.24. The van der Waals surface area contributed by atoms with E-state index in [1.54, 1.807) is 49.4 Å². The van der Waals surface area contributed by atoms with Gasteiger partial charge in [0.25, 0.3) is 10.0 Å². The molecule has 3 aromatic rings. The summed E-state index contributed by atoms with van der Waals surface area (Å²) in [6.45, 7) is 1.23. The first-order valence-electron chi connectivity index (χ1n) is 11.3. The highest BCUT2D eigenvalue weighted by atomic mass is 79.9. The first-order valence-corrected chi connectivity index (χ1v) is 13.5. The summed E-state index contributed by atoms with van der Waals surface area (Å²) >= 11 is 3.34. The molecule has 0 aromatic heterocycles. The number of hydrogen-bond donors (Lipinski definition) is 1. The molecule has 1 unspecified atom stereocenters. The standard InChI is InChI=1S/C26H27BrFN3O4S/c1-3-24(26(33)29-2)30(17-19-9-13-21(28)14-10-19)25(32)18-31(22-15-11-20(27)12-16-22)36(34,35)23-7-5-4-6-8-23/h4-16,24H,3,17-18H2,1-2H3,(H,29,33). The minimum atomic E-state index is -4.11. The van der Waals surface area contributed by atoms with Crippen LogP contribution in [0, 0.1) is 5.82 Å². The molecule has 190 valence electrons. The summed E-state index contributed by atoms with van der Waals surface area (Å²) in [6, 6.07) is 19.1. The molecule has 7 nitrogen and oxygen atoms in total. The van der Waals surface area contributed by atoms with Crippen molar-refractivity contribution in [2.24, 2.45) is 0 Å². The van der Waals surface area contributed by atoms with Gasteiger partial charge in [-0.3, -0.25) is 13.9 Å². The zero-order chi connectivity index (χ0) is 26.3. The van der Waals surface area contributed by atoms with Crippen LogP contribution in [-0.2, 0) is 26.2 Å². The maximum Gasteiger partial charge on any atom is 0.264 e. The molecule has 0 saturated carbocycles. The number of amides is 2. The third kappa shape index (κ3) is 6.50. The Balaban J connectivity index is 2.03. The molecule has 0 spiro atoms. The van der Waals surface area contributed by atoms with Gasteiger partial charge >= 0.3 is 0 Å². The average molecular weight is 576 g/mol. The van der Waals surface area contributed by atoms with Gasteiger partial charge in [0.05, 0.1) is 10.6 Å². The molecule has 0 saturated heterocycles. The fourth-order valence-corrected chi connectivity index (χ4v) is 5.43. The van der Waals surface area contributed by atoms with Crippen molar-refractivity contribution in [3.8, 4) is 0 Å². The Morgan fingerprint density at radius 3 is 2.14 bits per heavy atom. The van der Waals surface area contributed by atoms with Crippen LogP contribution in [0.4, 0.5) is 10.1 Å². The fourth-order valence-electron chi connectivity index (χ4n) is 3.73. The average Bonchev–Trinajstić information content (AvgIpc) is 2.89. The zero-order valence-electron chi connectivity index (χ0n) is 19.9. The summed E-state index contributed by atoms with van der Waals surface area (Å²) in [7, 11) is -2.64. The second kappa shape index (κ2) is 12.1. The predicted molar refractivity (Wildman–Crippen MR) is 140 cm³/mol. The van der Waals surface area contributed by atoms with Gasteiger partial charge in [-0.2, -0.15) is 0 Å². The topological polar surface area (TPSA) is 86.8 Å². The van der Waals surface area contributed by atoms with Crippen LogP contribution in [0.5, 0.6) is 0 Å². The van der Waals surface area contributed by atoms with E-state index in [2.05, 4.69) is 21.2 Å². The van der Waals surface area contributed by atoms with E-state index in [0.29, 0.717) is 17.7 Å². The lowest BCUT2D eigenvalue weighted by molar-refractivity contribution is -0.140. The third-order valence-corrected chi connectivity index (χ3v) is 7.94. The number of benzene rings is 3. The lowest BCUT2D eigenvalue weighted by atomic mass is 10.1. The Kier molecular flexibility index (Phi) is 9.22. The summed E-state index contributed by atoms with van der Waals surface area (Å²) in [5.41, 5.74) is 0.901. The number of rotatable bonds is 10. The largest absolute Gasteiger partial charge is 0.357 e. The summed E-state index contributed by atoms with van der Waals surface area (Å²) in [4.78, 5) is 27.7. The van der Waals surface area contributed by atoms with Crippen molar-refractivity contribution >= 4 is 43.5 Å². The van der Waals surface area contributed by atoms with Crippen LogP contribution in [0.1, 0.15) is 18.9 Å². The second-order valence-electron chi connectivity index (χ2n) is 7.99. The van der Waals surface area contributed by atoms with E-state index < -0.39 is 34.3 Å². The second-order valence-corrected chi connectivity index (χ2v) is 10.8. The molecule has 1 atom stereocenters. The van der Waals surface area contributed by atoms with Crippen molar-refractivity contribution in [2.45, 2.75) is 30.8 Å². The molecule has 2 amide bonds. The number of likely N-dealkylation sites (N-methyl/N-ethyl adjacent to an activating group) is 1. The fraction of sp³-hybridized carbons (Fsp3) is 0.231. The molecule has 0 radical (unpaired) electrons. The van der Waals surface area contributed by atoms with Gasteiger partial charge in [-0.15, -0.1) is 0 Å². The Morgan fingerprint density at radius 2 is 1.58 bits per heavy atom. The highest BCUT2D eigenvalue weighted by Gasteiger charge is 2.33. The van der Waals surface area contributed by atoms with Crippen LogP contribution in [0.2, 0.25) is 0 Å². The molecular formula is C26H27BrFN3O4S. The number of anilines is 1. The van der Waals surface area contributed by atoms with E-state index >= 15 is 0 Å². The van der Waals surface area contributed by atoms with E-state index in [-0.39, 0.29) is 17.3 Å². The molecule has 0 heterocycles. The third-order valence-electron chi connectivity index (χ3n) is 5.62. The molecule has 1 N–H and O–H groups in total. The van der Waals surface area contributed by atoms with Crippen LogP contribution in [-0.4, -0.2) is 44.8 Å². The van der Waals surface area contributed by atoms with Gasteiger partial charge in [-0.25, -0.2) is 12.8 Å². The maximum atomic E-state index is 13.7. The molecule has 10 heteroatoms. The number of hydrogen-bond acceptors (Lipinski definition) is 4. The number of nitrogens with one attached hydrogen (secondary N) is 1. The van der Waals surface area contributed by atoms with Gasteiger partial charge < -0.3 is 10.2 Å². The summed E-state index contributed by atoms with van der Waals surface area (Å²) in [5.74, 6) is -1.38. The summed E-state index contributed by atoms with van der Waals surface area (Å²) in [6.07, 6.45) is 0.302. The normalized spacial score (nSPS) is 12.0. The van der Waals surface area contributed by atoms with Gasteiger partial charge in [0.15, 0.2) is 0 Å². The van der Waals surface area contributed by atoms with Gasteiger partial charge in [-0.05, 0) is 60.5 Å². The number of sulfonamides is 1. The van der Waals surface area contributed by atoms with Crippen LogP contribution in [0.3, 0.4) is 0 Å². The lowest BCUT2D eigenvalue weighted by Gasteiger charge is -2.33. The Labute approximate surface area is 219 Å². The highest BCUT2D eigenvalue weighted by molar-refractivity contribution is 9.10. The summed E-state index contributed by atoms with van der Waals surface area (Å²) < 4.78 is 42.5. The van der Waals surface area contributed by atoms with Crippen molar-refractivity contribution in [1.29, 1.82) is 0 Å². The van der Waals surface area contributed by atoms with E-state index in [9.17, 15) is 22.4 Å². The Morgan fingerprint density at radius 1 is 0.972 bits per heavy atom. The number of nitrogens with zero attached hydrogens (tertiary/aromatic N) is 2. The quantitative estimate of drug-likeness (QED) is 0.389.